The minimum absolute atomic E-state index is 0.169. The van der Waals surface area contributed by atoms with Crippen molar-refractivity contribution in [3.63, 3.8) is 0 Å². The summed E-state index contributed by atoms with van der Waals surface area (Å²) in [5.41, 5.74) is 5.16. The summed E-state index contributed by atoms with van der Waals surface area (Å²) in [7, 11) is 3.69. The van der Waals surface area contributed by atoms with E-state index in [0.29, 0.717) is 13.1 Å². The minimum Gasteiger partial charge on any atom is -0.400 e. The lowest BCUT2D eigenvalue weighted by molar-refractivity contribution is -0.402. The molecular weight excluding hydrogens is 254 g/mol. The van der Waals surface area contributed by atoms with E-state index in [4.69, 9.17) is 10.2 Å². The monoisotopic (exact) mass is 269 g/mol. The summed E-state index contributed by atoms with van der Waals surface area (Å²) < 4.78 is 4.86. The van der Waals surface area contributed by atoms with Crippen LogP contribution in [0.5, 0.6) is 0 Å². The number of nitrogens with two attached hydrogens (primary N) is 1. The van der Waals surface area contributed by atoms with Crippen molar-refractivity contribution in [1.29, 1.82) is 0 Å². The van der Waals surface area contributed by atoms with Gasteiger partial charge in [0.1, 0.15) is 4.92 Å². The summed E-state index contributed by atoms with van der Waals surface area (Å²) in [6, 6.07) is 1.88. The quantitative estimate of drug-likeness (QED) is 0.457. The molecule has 0 atom stereocenters. The summed E-state index contributed by atoms with van der Waals surface area (Å²) in [5, 5.41) is 15.3. The topological polar surface area (TPSA) is 118 Å². The molecule has 0 saturated carbocycles. The largest absolute Gasteiger partial charge is 0.433 e. The SMILES string of the molecule is CN(C)CCN(/N=C\c1ccc([N+](=O)[O-])o1)C(N)=O. The van der Waals surface area contributed by atoms with Gasteiger partial charge >= 0.3 is 11.9 Å². The van der Waals surface area contributed by atoms with Crippen LogP contribution in [0.3, 0.4) is 0 Å². The van der Waals surface area contributed by atoms with Gasteiger partial charge in [0.25, 0.3) is 0 Å². The lowest BCUT2D eigenvalue weighted by atomic mass is 10.5. The predicted molar refractivity (Wildman–Crippen MR) is 67.8 cm³/mol. The van der Waals surface area contributed by atoms with Gasteiger partial charge in [-0.1, -0.05) is 0 Å². The van der Waals surface area contributed by atoms with E-state index in [0.717, 1.165) is 5.01 Å². The van der Waals surface area contributed by atoms with Crippen LogP contribution < -0.4 is 5.73 Å². The molecule has 0 aliphatic heterocycles. The van der Waals surface area contributed by atoms with Gasteiger partial charge in [-0.05, 0) is 20.2 Å². The Morgan fingerprint density at radius 3 is 2.68 bits per heavy atom. The molecule has 19 heavy (non-hydrogen) atoms. The number of urea groups is 1. The number of hydrogen-bond acceptors (Lipinski definition) is 6. The summed E-state index contributed by atoms with van der Waals surface area (Å²) in [6.07, 6.45) is 1.20. The maximum Gasteiger partial charge on any atom is 0.433 e. The number of nitro groups is 1. The molecule has 0 fully saturated rings. The molecule has 1 aromatic heterocycles. The third-order valence-corrected chi connectivity index (χ3v) is 2.13. The zero-order valence-electron chi connectivity index (χ0n) is 10.6. The fourth-order valence-corrected chi connectivity index (χ4v) is 1.16. The van der Waals surface area contributed by atoms with Crippen LogP contribution in [0.25, 0.3) is 0 Å². The van der Waals surface area contributed by atoms with Crippen LogP contribution in [-0.2, 0) is 0 Å². The highest BCUT2D eigenvalue weighted by molar-refractivity contribution is 5.79. The normalized spacial score (nSPS) is 11.1. The third-order valence-electron chi connectivity index (χ3n) is 2.13. The first-order chi connectivity index (χ1) is 8.90. The fraction of sp³-hybridized carbons (Fsp3) is 0.400. The van der Waals surface area contributed by atoms with Crippen molar-refractivity contribution >= 4 is 18.1 Å². The molecule has 1 heterocycles. The van der Waals surface area contributed by atoms with E-state index >= 15 is 0 Å². The Labute approximate surface area is 109 Å². The number of nitrogens with zero attached hydrogens (tertiary/aromatic N) is 4. The first-order valence-corrected chi connectivity index (χ1v) is 5.40. The summed E-state index contributed by atoms with van der Waals surface area (Å²) in [5.74, 6) is -0.219. The molecule has 1 rings (SSSR count). The highest BCUT2D eigenvalue weighted by Crippen LogP contribution is 2.13. The van der Waals surface area contributed by atoms with Gasteiger partial charge in [-0.2, -0.15) is 5.10 Å². The number of amides is 2. The molecule has 2 N–H and O–H groups in total. The van der Waals surface area contributed by atoms with Crippen molar-refractivity contribution in [1.82, 2.24) is 9.91 Å². The van der Waals surface area contributed by atoms with Gasteiger partial charge in [0.05, 0.1) is 18.8 Å². The molecule has 9 heteroatoms. The van der Waals surface area contributed by atoms with Crippen molar-refractivity contribution < 1.29 is 14.1 Å². The average molecular weight is 269 g/mol. The molecule has 2 amide bonds. The van der Waals surface area contributed by atoms with E-state index in [1.165, 1.54) is 18.3 Å². The maximum absolute atomic E-state index is 11.1. The van der Waals surface area contributed by atoms with Crippen LogP contribution in [0.4, 0.5) is 10.7 Å². The van der Waals surface area contributed by atoms with Crippen molar-refractivity contribution in [2.45, 2.75) is 0 Å². The number of primary amides is 1. The second-order valence-corrected chi connectivity index (χ2v) is 3.94. The van der Waals surface area contributed by atoms with Gasteiger partial charge in [-0.15, -0.1) is 0 Å². The number of hydrazone groups is 1. The highest BCUT2D eigenvalue weighted by atomic mass is 16.6. The Hall–Kier alpha value is -2.42. The van der Waals surface area contributed by atoms with Crippen LogP contribution in [0.2, 0.25) is 0 Å². The van der Waals surface area contributed by atoms with E-state index in [1.54, 1.807) is 0 Å². The van der Waals surface area contributed by atoms with Gasteiger partial charge < -0.3 is 15.1 Å². The Balaban J connectivity index is 2.69. The average Bonchev–Trinajstić information content (AvgIpc) is 2.76. The van der Waals surface area contributed by atoms with Gasteiger partial charge in [0.15, 0.2) is 5.76 Å². The molecule has 104 valence electrons. The van der Waals surface area contributed by atoms with E-state index < -0.39 is 11.0 Å². The van der Waals surface area contributed by atoms with E-state index in [2.05, 4.69) is 5.10 Å². The lowest BCUT2D eigenvalue weighted by Crippen LogP contribution is -2.36. The first-order valence-electron chi connectivity index (χ1n) is 5.40. The minimum atomic E-state index is -0.709. The van der Waals surface area contributed by atoms with Crippen LogP contribution in [-0.4, -0.2) is 54.3 Å². The second kappa shape index (κ2) is 6.50. The Morgan fingerprint density at radius 2 is 2.21 bits per heavy atom. The summed E-state index contributed by atoms with van der Waals surface area (Å²) in [4.78, 5) is 22.7. The van der Waals surface area contributed by atoms with Crippen LogP contribution in [0, 0.1) is 10.1 Å². The number of hydrogen-bond donors (Lipinski definition) is 1. The molecule has 9 nitrogen and oxygen atoms in total. The Morgan fingerprint density at radius 1 is 1.53 bits per heavy atom. The summed E-state index contributed by atoms with van der Waals surface area (Å²) in [6.45, 7) is 0.889. The third kappa shape index (κ3) is 4.76. The van der Waals surface area contributed by atoms with Crippen molar-refractivity contribution in [2.24, 2.45) is 10.8 Å². The molecule has 0 aliphatic carbocycles. The van der Waals surface area contributed by atoms with Crippen LogP contribution in [0.15, 0.2) is 21.7 Å². The maximum atomic E-state index is 11.1. The molecule has 0 unspecified atom stereocenters. The molecule has 0 spiro atoms. The van der Waals surface area contributed by atoms with Crippen LogP contribution >= 0.6 is 0 Å². The molecule has 0 radical (unpaired) electrons. The van der Waals surface area contributed by atoms with Crippen molar-refractivity contribution in [2.75, 3.05) is 27.2 Å². The second-order valence-electron chi connectivity index (χ2n) is 3.94. The molecule has 0 aliphatic rings. The lowest BCUT2D eigenvalue weighted by Gasteiger charge is -2.16. The van der Waals surface area contributed by atoms with E-state index in [-0.39, 0.29) is 11.6 Å². The molecular formula is C10H15N5O4. The standard InChI is InChI=1S/C10H15N5O4/c1-13(2)5-6-14(10(11)16)12-7-8-3-4-9(19-8)15(17)18/h3-4,7H,5-6H2,1-2H3,(H2,11,16)/b12-7-. The highest BCUT2D eigenvalue weighted by Gasteiger charge is 2.12. The van der Waals surface area contributed by atoms with Gasteiger partial charge in [0.2, 0.25) is 0 Å². The smallest absolute Gasteiger partial charge is 0.400 e. The zero-order valence-corrected chi connectivity index (χ0v) is 10.6. The number of rotatable bonds is 6. The van der Waals surface area contributed by atoms with Gasteiger partial charge in [-0.3, -0.25) is 10.1 Å². The number of carbonyl (C=O) groups excluding carboxylic acids is 1. The number of carbonyl (C=O) groups is 1. The Bertz CT molecular complexity index is 482. The fourth-order valence-electron chi connectivity index (χ4n) is 1.16. The molecule has 0 aromatic carbocycles. The first kappa shape index (κ1) is 14.6. The van der Waals surface area contributed by atoms with Crippen molar-refractivity contribution in [3.05, 3.63) is 28.0 Å². The van der Waals surface area contributed by atoms with Gasteiger partial charge in [-0.25, -0.2) is 9.80 Å². The van der Waals surface area contributed by atoms with Gasteiger partial charge in [0, 0.05) is 6.54 Å². The van der Waals surface area contributed by atoms with E-state index in [9.17, 15) is 14.9 Å². The zero-order chi connectivity index (χ0) is 14.4. The molecule has 0 bridgehead atoms. The molecule has 1 aromatic rings. The molecule has 0 saturated heterocycles. The Kier molecular flexibility index (Phi) is 5.01. The summed E-state index contributed by atoms with van der Waals surface area (Å²) >= 11 is 0. The predicted octanol–water partition coefficient (Wildman–Crippen LogP) is 0.464. The number of furan rings is 1. The van der Waals surface area contributed by atoms with Crippen LogP contribution in [0.1, 0.15) is 5.76 Å². The van der Waals surface area contributed by atoms with E-state index in [1.807, 2.05) is 19.0 Å². The van der Waals surface area contributed by atoms with Crippen molar-refractivity contribution in [3.8, 4) is 0 Å². The number of likely N-dealkylation sites (N-methyl/N-ethyl adjacent to an activating group) is 1.